The van der Waals surface area contributed by atoms with Crippen molar-refractivity contribution in [1.29, 1.82) is 5.26 Å². The number of nitriles is 1. The zero-order valence-electron chi connectivity index (χ0n) is 11.2. The summed E-state index contributed by atoms with van der Waals surface area (Å²) < 4.78 is 5.61. The van der Waals surface area contributed by atoms with Gasteiger partial charge >= 0.3 is 0 Å². The zero-order chi connectivity index (χ0) is 12.7. The lowest BCUT2D eigenvalue weighted by Crippen LogP contribution is -2.42. The van der Waals surface area contributed by atoms with Crippen LogP contribution >= 0.6 is 11.8 Å². The van der Waals surface area contributed by atoms with Gasteiger partial charge in [0.25, 0.3) is 0 Å². The summed E-state index contributed by atoms with van der Waals surface area (Å²) in [7, 11) is 0. The first-order valence-corrected chi connectivity index (χ1v) is 7.54. The maximum absolute atomic E-state index is 9.20. The summed E-state index contributed by atoms with van der Waals surface area (Å²) in [4.78, 5) is 0. The van der Waals surface area contributed by atoms with Crippen molar-refractivity contribution in [3.8, 4) is 6.07 Å². The fraction of sp³-hybridized carbons (Fsp3) is 0.923. The molecule has 1 heterocycles. The maximum Gasteiger partial charge on any atom is 0.104 e. The average Bonchev–Trinajstić information content (AvgIpc) is 2.79. The molecule has 98 valence electrons. The van der Waals surface area contributed by atoms with Gasteiger partial charge in [-0.3, -0.25) is 5.32 Å². The molecule has 0 radical (unpaired) electrons. The highest BCUT2D eigenvalue weighted by Gasteiger charge is 2.26. The van der Waals surface area contributed by atoms with Crippen molar-refractivity contribution < 1.29 is 4.74 Å². The number of hydrogen-bond acceptors (Lipinski definition) is 4. The van der Waals surface area contributed by atoms with Gasteiger partial charge in [-0.1, -0.05) is 13.8 Å². The van der Waals surface area contributed by atoms with Crippen LogP contribution in [0.25, 0.3) is 0 Å². The Labute approximate surface area is 109 Å². The van der Waals surface area contributed by atoms with E-state index in [0.29, 0.717) is 11.4 Å². The van der Waals surface area contributed by atoms with E-state index in [1.54, 1.807) is 0 Å². The third kappa shape index (κ3) is 5.29. The molecule has 0 aromatic rings. The van der Waals surface area contributed by atoms with Crippen LogP contribution in [0.1, 0.15) is 40.0 Å². The smallest absolute Gasteiger partial charge is 0.104 e. The van der Waals surface area contributed by atoms with E-state index in [4.69, 9.17) is 4.74 Å². The van der Waals surface area contributed by atoms with Crippen LogP contribution in [-0.2, 0) is 4.74 Å². The molecule has 0 aliphatic carbocycles. The van der Waals surface area contributed by atoms with Gasteiger partial charge in [0.15, 0.2) is 0 Å². The van der Waals surface area contributed by atoms with Gasteiger partial charge in [-0.15, -0.1) is 0 Å². The monoisotopic (exact) mass is 256 g/mol. The van der Waals surface area contributed by atoms with E-state index >= 15 is 0 Å². The van der Waals surface area contributed by atoms with E-state index in [0.717, 1.165) is 25.3 Å². The van der Waals surface area contributed by atoms with Gasteiger partial charge in [-0.05, 0) is 32.7 Å². The number of thioether (sulfide) groups is 1. The molecule has 3 nitrogen and oxygen atoms in total. The first-order chi connectivity index (χ1) is 8.09. The second-order valence-corrected chi connectivity index (χ2v) is 6.43. The number of ether oxygens (including phenoxy) is 1. The zero-order valence-corrected chi connectivity index (χ0v) is 12.0. The van der Waals surface area contributed by atoms with E-state index in [1.165, 1.54) is 12.8 Å². The molecular formula is C13H24N2OS. The van der Waals surface area contributed by atoms with Gasteiger partial charge in [0.2, 0.25) is 0 Å². The topological polar surface area (TPSA) is 45.0 Å². The lowest BCUT2D eigenvalue weighted by molar-refractivity contribution is 0.128. The molecule has 1 fully saturated rings. The van der Waals surface area contributed by atoms with Crippen molar-refractivity contribution >= 4 is 11.8 Å². The molecule has 3 unspecified atom stereocenters. The van der Waals surface area contributed by atoms with E-state index in [2.05, 4.69) is 18.3 Å². The third-order valence-corrected chi connectivity index (χ3v) is 4.40. The number of hydrogen-bond donors (Lipinski definition) is 1. The van der Waals surface area contributed by atoms with Crippen LogP contribution in [0.4, 0.5) is 0 Å². The Morgan fingerprint density at radius 1 is 1.65 bits per heavy atom. The molecule has 3 atom stereocenters. The highest BCUT2D eigenvalue weighted by molar-refractivity contribution is 7.99. The molecule has 0 bridgehead atoms. The summed E-state index contributed by atoms with van der Waals surface area (Å²) in [5, 5.41) is 12.9. The molecule has 1 saturated heterocycles. The molecule has 0 amide bonds. The number of nitrogens with zero attached hydrogens (tertiary/aromatic N) is 1. The normalized spacial score (nSPS) is 25.2. The van der Waals surface area contributed by atoms with Gasteiger partial charge in [0, 0.05) is 17.6 Å². The Kier molecular flexibility index (Phi) is 6.32. The molecule has 0 saturated carbocycles. The fourth-order valence-corrected chi connectivity index (χ4v) is 3.49. The summed E-state index contributed by atoms with van der Waals surface area (Å²) in [6, 6.07) is 2.38. The maximum atomic E-state index is 9.20. The summed E-state index contributed by atoms with van der Waals surface area (Å²) >= 11 is 1.93. The minimum atomic E-state index is -0.391. The van der Waals surface area contributed by atoms with Crippen LogP contribution in [0.5, 0.6) is 0 Å². The highest BCUT2D eigenvalue weighted by atomic mass is 32.2. The van der Waals surface area contributed by atoms with Gasteiger partial charge < -0.3 is 4.74 Å². The molecule has 4 heteroatoms. The van der Waals surface area contributed by atoms with Crippen molar-refractivity contribution in [1.82, 2.24) is 5.32 Å². The van der Waals surface area contributed by atoms with E-state index < -0.39 is 5.54 Å². The lowest BCUT2D eigenvalue weighted by atomic mass is 9.98. The molecule has 1 rings (SSSR count). The second-order valence-electron chi connectivity index (χ2n) is 4.96. The molecule has 17 heavy (non-hydrogen) atoms. The predicted molar refractivity (Wildman–Crippen MR) is 73.2 cm³/mol. The Balaban J connectivity index is 2.27. The summed E-state index contributed by atoms with van der Waals surface area (Å²) in [5.74, 6) is 1.06. The van der Waals surface area contributed by atoms with Crippen molar-refractivity contribution in [3.05, 3.63) is 0 Å². The van der Waals surface area contributed by atoms with E-state index in [1.807, 2.05) is 25.6 Å². The molecule has 0 spiro atoms. The van der Waals surface area contributed by atoms with Crippen LogP contribution in [0, 0.1) is 11.3 Å². The fourth-order valence-electron chi connectivity index (χ4n) is 2.23. The van der Waals surface area contributed by atoms with Crippen molar-refractivity contribution in [2.75, 3.05) is 18.9 Å². The van der Waals surface area contributed by atoms with Crippen molar-refractivity contribution in [3.63, 3.8) is 0 Å². The Morgan fingerprint density at radius 2 is 2.41 bits per heavy atom. The van der Waals surface area contributed by atoms with Gasteiger partial charge in [-0.2, -0.15) is 17.0 Å². The minimum absolute atomic E-state index is 0.391. The Hall–Kier alpha value is -0.240. The van der Waals surface area contributed by atoms with Crippen molar-refractivity contribution in [2.45, 2.75) is 56.9 Å². The summed E-state index contributed by atoms with van der Waals surface area (Å²) in [5.41, 5.74) is -0.391. The summed E-state index contributed by atoms with van der Waals surface area (Å²) in [6.45, 7) is 7.99. The minimum Gasteiger partial charge on any atom is -0.377 e. The second kappa shape index (κ2) is 7.25. The van der Waals surface area contributed by atoms with E-state index in [-0.39, 0.29) is 0 Å². The average molecular weight is 256 g/mol. The van der Waals surface area contributed by atoms with Gasteiger partial charge in [-0.25, -0.2) is 0 Å². The van der Waals surface area contributed by atoms with Crippen LogP contribution in [-0.4, -0.2) is 35.8 Å². The number of nitrogens with one attached hydrogen (secondary N) is 1. The molecular weight excluding hydrogens is 232 g/mol. The molecule has 1 aliphatic rings. The van der Waals surface area contributed by atoms with Gasteiger partial charge in [0.05, 0.1) is 12.2 Å². The lowest BCUT2D eigenvalue weighted by Gasteiger charge is -2.26. The SMILES string of the molecule is CCNC(C)(C#N)CC(C)SCC1CCCO1. The predicted octanol–water partition coefficient (Wildman–Crippen LogP) is 2.57. The van der Waals surface area contributed by atoms with Crippen LogP contribution < -0.4 is 5.32 Å². The number of rotatable bonds is 7. The Bertz CT molecular complexity index is 261. The first-order valence-electron chi connectivity index (χ1n) is 6.49. The van der Waals surface area contributed by atoms with Crippen LogP contribution in [0.3, 0.4) is 0 Å². The standard InChI is InChI=1S/C13H24N2OS/c1-4-15-13(3,10-14)8-11(2)17-9-12-6-5-7-16-12/h11-12,15H,4-9H2,1-3H3. The summed E-state index contributed by atoms with van der Waals surface area (Å²) in [6.07, 6.45) is 3.72. The van der Waals surface area contributed by atoms with Gasteiger partial charge in [0.1, 0.15) is 5.54 Å². The van der Waals surface area contributed by atoms with Crippen LogP contribution in [0.2, 0.25) is 0 Å². The molecule has 1 N–H and O–H groups in total. The van der Waals surface area contributed by atoms with Crippen molar-refractivity contribution in [2.24, 2.45) is 0 Å². The third-order valence-electron chi connectivity index (χ3n) is 3.10. The first kappa shape index (κ1) is 14.8. The molecule has 0 aromatic heterocycles. The van der Waals surface area contributed by atoms with E-state index in [9.17, 15) is 5.26 Å². The highest BCUT2D eigenvalue weighted by Crippen LogP contribution is 2.25. The van der Waals surface area contributed by atoms with Crippen LogP contribution in [0.15, 0.2) is 0 Å². The molecule has 0 aromatic carbocycles. The quantitative estimate of drug-likeness (QED) is 0.760. The largest absolute Gasteiger partial charge is 0.377 e. The molecule has 1 aliphatic heterocycles. The Morgan fingerprint density at radius 3 is 2.94 bits per heavy atom.